The summed E-state index contributed by atoms with van der Waals surface area (Å²) in [5, 5.41) is 16.9. The predicted molar refractivity (Wildman–Crippen MR) is 108 cm³/mol. The van der Waals surface area contributed by atoms with Crippen molar-refractivity contribution in [2.24, 2.45) is 0 Å². The van der Waals surface area contributed by atoms with Crippen molar-refractivity contribution in [1.82, 2.24) is 0 Å². The number of aliphatic hydroxyl groups is 2. The Morgan fingerprint density at radius 2 is 1.56 bits per heavy atom. The van der Waals surface area contributed by atoms with E-state index in [1.807, 2.05) is 18.2 Å². The van der Waals surface area contributed by atoms with Gasteiger partial charge in [0, 0.05) is 13.2 Å². The molecular formula is C21H34O6. The Labute approximate surface area is 163 Å². The molecule has 0 heterocycles. The summed E-state index contributed by atoms with van der Waals surface area (Å²) < 4.78 is 14.7. The van der Waals surface area contributed by atoms with E-state index in [4.69, 9.17) is 19.7 Å². The van der Waals surface area contributed by atoms with Crippen LogP contribution in [0.25, 0.3) is 6.08 Å². The van der Waals surface area contributed by atoms with Gasteiger partial charge in [0.05, 0.1) is 38.4 Å². The van der Waals surface area contributed by atoms with E-state index < -0.39 is 0 Å². The zero-order valence-electron chi connectivity index (χ0n) is 15.4. The summed E-state index contributed by atoms with van der Waals surface area (Å²) >= 11 is 0. The number of carbonyl (C=O) groups is 1. The van der Waals surface area contributed by atoms with Gasteiger partial charge in [0.15, 0.2) is 0 Å². The SMILES string of the molecule is C.C=COCCCCO.COC(=O)c1ccc(/C=C/OCCCCO)cc1. The second-order valence-electron chi connectivity index (χ2n) is 5.19. The van der Waals surface area contributed by atoms with Crippen molar-refractivity contribution in [3.63, 3.8) is 0 Å². The highest BCUT2D eigenvalue weighted by molar-refractivity contribution is 5.89. The van der Waals surface area contributed by atoms with Crippen molar-refractivity contribution in [2.45, 2.75) is 33.1 Å². The van der Waals surface area contributed by atoms with Gasteiger partial charge in [0.2, 0.25) is 0 Å². The summed E-state index contributed by atoms with van der Waals surface area (Å²) in [6, 6.07) is 7.05. The van der Waals surface area contributed by atoms with E-state index in [1.54, 1.807) is 18.4 Å². The number of esters is 1. The second-order valence-corrected chi connectivity index (χ2v) is 5.19. The molecule has 0 aromatic heterocycles. The monoisotopic (exact) mass is 382 g/mol. The molecule has 1 aromatic carbocycles. The molecule has 0 bridgehead atoms. The molecule has 6 heteroatoms. The third-order valence-electron chi connectivity index (χ3n) is 3.15. The molecule has 0 aliphatic heterocycles. The average molecular weight is 382 g/mol. The van der Waals surface area contributed by atoms with Crippen molar-refractivity contribution < 1.29 is 29.2 Å². The van der Waals surface area contributed by atoms with Crippen LogP contribution in [0.4, 0.5) is 0 Å². The lowest BCUT2D eigenvalue weighted by atomic mass is 10.1. The second kappa shape index (κ2) is 20.0. The van der Waals surface area contributed by atoms with E-state index in [2.05, 4.69) is 11.3 Å². The van der Waals surface area contributed by atoms with Crippen LogP contribution in [0.3, 0.4) is 0 Å². The van der Waals surface area contributed by atoms with Crippen LogP contribution in [0.2, 0.25) is 0 Å². The van der Waals surface area contributed by atoms with Crippen molar-refractivity contribution in [3.05, 3.63) is 54.5 Å². The molecule has 2 N–H and O–H groups in total. The normalized spacial score (nSPS) is 9.59. The van der Waals surface area contributed by atoms with Crippen LogP contribution in [0.15, 0.2) is 43.4 Å². The molecule has 0 atom stereocenters. The van der Waals surface area contributed by atoms with E-state index in [0.29, 0.717) is 18.8 Å². The lowest BCUT2D eigenvalue weighted by molar-refractivity contribution is 0.0600. The Bertz CT molecular complexity index is 496. The Morgan fingerprint density at radius 3 is 2.04 bits per heavy atom. The molecule has 0 aliphatic carbocycles. The molecule has 0 radical (unpaired) electrons. The number of benzene rings is 1. The first-order valence-electron chi connectivity index (χ1n) is 8.60. The van der Waals surface area contributed by atoms with Gasteiger partial charge in [0.1, 0.15) is 0 Å². The average Bonchev–Trinajstić information content (AvgIpc) is 2.68. The van der Waals surface area contributed by atoms with Gasteiger partial charge in [0.25, 0.3) is 0 Å². The highest BCUT2D eigenvalue weighted by Gasteiger charge is 2.02. The fourth-order valence-corrected chi connectivity index (χ4v) is 1.72. The number of aliphatic hydroxyl groups excluding tert-OH is 2. The molecule has 0 fully saturated rings. The molecule has 27 heavy (non-hydrogen) atoms. The lowest BCUT2D eigenvalue weighted by Crippen LogP contribution is -2.00. The summed E-state index contributed by atoms with van der Waals surface area (Å²) in [6.45, 7) is 5.09. The molecule has 1 aromatic rings. The Balaban J connectivity index is 0. The predicted octanol–water partition coefficient (Wildman–Crippen LogP) is 3.79. The Morgan fingerprint density at radius 1 is 1.00 bits per heavy atom. The van der Waals surface area contributed by atoms with E-state index in [0.717, 1.165) is 31.2 Å². The number of carbonyl (C=O) groups excluding carboxylic acids is 1. The number of rotatable bonds is 12. The first-order chi connectivity index (χ1) is 12.7. The minimum Gasteiger partial charge on any atom is -0.502 e. The molecule has 6 nitrogen and oxygen atoms in total. The maximum absolute atomic E-state index is 11.2. The maximum Gasteiger partial charge on any atom is 0.337 e. The zero-order chi connectivity index (χ0) is 19.5. The number of unbranched alkanes of at least 4 members (excludes halogenated alkanes) is 2. The molecule has 0 amide bonds. The Kier molecular flexibility index (Phi) is 19.9. The smallest absolute Gasteiger partial charge is 0.337 e. The minimum absolute atomic E-state index is 0. The van der Waals surface area contributed by atoms with Crippen LogP contribution in [0.5, 0.6) is 0 Å². The molecule has 1 rings (SSSR count). The first kappa shape index (κ1) is 26.9. The largest absolute Gasteiger partial charge is 0.502 e. The standard InChI is InChI=1S/C14H18O4.C6H12O2.CH4/c1-17-14(16)13-6-4-12(5-7-13)8-11-18-10-3-2-9-15;1-2-8-6-4-3-5-7;/h4-8,11,15H,2-3,9-10H2,1H3;2,7H,1,3-6H2;1H4/b11-8+;;. The van der Waals surface area contributed by atoms with E-state index in [9.17, 15) is 4.79 Å². The van der Waals surface area contributed by atoms with Crippen LogP contribution in [-0.4, -0.2) is 49.7 Å². The molecule has 0 spiro atoms. The number of methoxy groups -OCH3 is 1. The summed E-state index contributed by atoms with van der Waals surface area (Å²) in [4.78, 5) is 11.2. The van der Waals surface area contributed by atoms with Gasteiger partial charge in [-0.2, -0.15) is 0 Å². The summed E-state index contributed by atoms with van der Waals surface area (Å²) in [5.41, 5.74) is 1.48. The zero-order valence-corrected chi connectivity index (χ0v) is 15.4. The number of hydrogen-bond acceptors (Lipinski definition) is 6. The van der Waals surface area contributed by atoms with Gasteiger partial charge in [-0.25, -0.2) is 4.79 Å². The van der Waals surface area contributed by atoms with Gasteiger partial charge >= 0.3 is 5.97 Å². The molecule has 0 unspecified atom stereocenters. The van der Waals surface area contributed by atoms with Gasteiger partial charge in [-0.3, -0.25) is 0 Å². The van der Waals surface area contributed by atoms with E-state index in [-0.39, 0.29) is 26.6 Å². The van der Waals surface area contributed by atoms with Gasteiger partial charge in [-0.15, -0.1) is 0 Å². The van der Waals surface area contributed by atoms with E-state index >= 15 is 0 Å². The third kappa shape index (κ3) is 15.6. The number of ether oxygens (including phenoxy) is 3. The van der Waals surface area contributed by atoms with Crippen LogP contribution < -0.4 is 0 Å². The van der Waals surface area contributed by atoms with Crippen molar-refractivity contribution in [2.75, 3.05) is 33.5 Å². The van der Waals surface area contributed by atoms with Crippen LogP contribution in [-0.2, 0) is 14.2 Å². The maximum atomic E-state index is 11.2. The summed E-state index contributed by atoms with van der Waals surface area (Å²) in [7, 11) is 1.36. The van der Waals surface area contributed by atoms with E-state index in [1.165, 1.54) is 13.4 Å². The molecule has 154 valence electrons. The third-order valence-corrected chi connectivity index (χ3v) is 3.15. The van der Waals surface area contributed by atoms with Gasteiger partial charge in [-0.1, -0.05) is 26.1 Å². The fraction of sp³-hybridized carbons (Fsp3) is 0.476. The topological polar surface area (TPSA) is 85.2 Å². The van der Waals surface area contributed by atoms with Gasteiger partial charge < -0.3 is 24.4 Å². The fourth-order valence-electron chi connectivity index (χ4n) is 1.72. The summed E-state index contributed by atoms with van der Waals surface area (Å²) in [6.07, 6.45) is 8.15. The Hall–Kier alpha value is -2.31. The van der Waals surface area contributed by atoms with Gasteiger partial charge in [-0.05, 0) is 49.5 Å². The highest BCUT2D eigenvalue weighted by atomic mass is 16.5. The van der Waals surface area contributed by atoms with Crippen molar-refractivity contribution in [3.8, 4) is 0 Å². The molecule has 0 saturated heterocycles. The quantitative estimate of drug-likeness (QED) is 0.325. The van der Waals surface area contributed by atoms with Crippen molar-refractivity contribution >= 4 is 12.0 Å². The molecular weight excluding hydrogens is 348 g/mol. The van der Waals surface area contributed by atoms with Crippen LogP contribution >= 0.6 is 0 Å². The molecule has 0 saturated carbocycles. The number of hydrogen-bond donors (Lipinski definition) is 2. The first-order valence-corrected chi connectivity index (χ1v) is 8.60. The summed E-state index contributed by atoms with van der Waals surface area (Å²) in [5.74, 6) is -0.342. The van der Waals surface area contributed by atoms with Crippen LogP contribution in [0.1, 0.15) is 49.0 Å². The minimum atomic E-state index is -0.342. The van der Waals surface area contributed by atoms with Crippen molar-refractivity contribution in [1.29, 1.82) is 0 Å². The highest BCUT2D eigenvalue weighted by Crippen LogP contribution is 2.07. The molecule has 0 aliphatic rings. The lowest BCUT2D eigenvalue weighted by Gasteiger charge is -2.00. The van der Waals surface area contributed by atoms with Crippen LogP contribution in [0, 0.1) is 0 Å².